The van der Waals surface area contributed by atoms with Crippen LogP contribution in [0.1, 0.15) is 41.4 Å². The zero-order valence-electron chi connectivity index (χ0n) is 14.5. The second-order valence-electron chi connectivity index (χ2n) is 6.28. The lowest BCUT2D eigenvalue weighted by atomic mass is 9.99. The van der Waals surface area contributed by atoms with Gasteiger partial charge in [-0.05, 0) is 38.0 Å². The van der Waals surface area contributed by atoms with Crippen LogP contribution >= 0.6 is 0 Å². The number of amides is 1. The maximum absolute atomic E-state index is 12.6. The minimum absolute atomic E-state index is 0.145. The predicted molar refractivity (Wildman–Crippen MR) is 98.4 cm³/mol. The summed E-state index contributed by atoms with van der Waals surface area (Å²) >= 11 is 0. The van der Waals surface area contributed by atoms with Crippen molar-refractivity contribution in [3.63, 3.8) is 0 Å². The first kappa shape index (κ1) is 16.3. The lowest BCUT2D eigenvalue weighted by molar-refractivity contribution is 0.0928. The van der Waals surface area contributed by atoms with Crippen LogP contribution in [0.5, 0.6) is 0 Å². The molecule has 0 saturated carbocycles. The molecule has 1 N–H and O–H groups in total. The molecule has 2 aromatic carbocycles. The van der Waals surface area contributed by atoms with E-state index in [4.69, 9.17) is 4.42 Å². The number of carbonyl (C=O) groups is 1. The maximum Gasteiger partial charge on any atom is 0.287 e. The molecule has 124 valence electrons. The number of aryl methyl sites for hydroxylation is 2. The Balaban J connectivity index is 2.12. The van der Waals surface area contributed by atoms with E-state index in [0.29, 0.717) is 12.3 Å². The number of nitrogens with one attached hydrogen (secondary N) is 1. The average Bonchev–Trinajstić information content (AvgIpc) is 2.94. The molecule has 0 fully saturated rings. The SMILES string of the molecule is CCCCNC(=O)c1oc2ccc(C)cc2c1-c1ccc(C)cc1. The molecular weight excluding hydrogens is 298 g/mol. The Morgan fingerprint density at radius 3 is 2.46 bits per heavy atom. The van der Waals surface area contributed by atoms with Crippen molar-refractivity contribution >= 4 is 16.9 Å². The summed E-state index contributed by atoms with van der Waals surface area (Å²) in [5.74, 6) is 0.253. The summed E-state index contributed by atoms with van der Waals surface area (Å²) < 4.78 is 5.92. The second kappa shape index (κ2) is 6.91. The zero-order chi connectivity index (χ0) is 17.1. The number of unbranched alkanes of at least 4 members (excludes halogenated alkanes) is 1. The highest BCUT2D eigenvalue weighted by atomic mass is 16.3. The van der Waals surface area contributed by atoms with Crippen molar-refractivity contribution in [2.45, 2.75) is 33.6 Å². The van der Waals surface area contributed by atoms with E-state index in [9.17, 15) is 4.79 Å². The summed E-state index contributed by atoms with van der Waals surface area (Å²) in [5, 5.41) is 3.95. The van der Waals surface area contributed by atoms with Gasteiger partial charge in [-0.25, -0.2) is 0 Å². The molecule has 1 amide bonds. The maximum atomic E-state index is 12.6. The normalized spacial score (nSPS) is 11.0. The topological polar surface area (TPSA) is 42.2 Å². The first-order valence-electron chi connectivity index (χ1n) is 8.48. The van der Waals surface area contributed by atoms with Gasteiger partial charge in [0.15, 0.2) is 0 Å². The van der Waals surface area contributed by atoms with Crippen molar-refractivity contribution in [3.8, 4) is 11.1 Å². The Labute approximate surface area is 142 Å². The third-order valence-corrected chi connectivity index (χ3v) is 4.21. The van der Waals surface area contributed by atoms with Gasteiger partial charge in [0.05, 0.1) is 0 Å². The van der Waals surface area contributed by atoms with Crippen molar-refractivity contribution in [1.82, 2.24) is 5.32 Å². The molecular formula is C21H23NO2. The minimum Gasteiger partial charge on any atom is -0.450 e. The number of carbonyl (C=O) groups excluding carboxylic acids is 1. The molecule has 0 aliphatic carbocycles. The van der Waals surface area contributed by atoms with E-state index in [-0.39, 0.29) is 5.91 Å². The lowest BCUT2D eigenvalue weighted by Gasteiger charge is -2.06. The Hall–Kier alpha value is -2.55. The first-order valence-corrected chi connectivity index (χ1v) is 8.48. The largest absolute Gasteiger partial charge is 0.450 e. The van der Waals surface area contributed by atoms with Gasteiger partial charge in [-0.3, -0.25) is 4.79 Å². The smallest absolute Gasteiger partial charge is 0.287 e. The number of rotatable bonds is 5. The number of hydrogen-bond donors (Lipinski definition) is 1. The Morgan fingerprint density at radius 2 is 1.75 bits per heavy atom. The predicted octanol–water partition coefficient (Wildman–Crippen LogP) is 5.25. The second-order valence-corrected chi connectivity index (χ2v) is 6.28. The van der Waals surface area contributed by atoms with Gasteiger partial charge in [-0.1, -0.05) is 54.8 Å². The fourth-order valence-corrected chi connectivity index (χ4v) is 2.84. The number of fused-ring (bicyclic) bond motifs is 1. The van der Waals surface area contributed by atoms with Crippen LogP contribution in [0.15, 0.2) is 46.9 Å². The van der Waals surface area contributed by atoms with Gasteiger partial charge in [0.1, 0.15) is 5.58 Å². The van der Waals surface area contributed by atoms with Gasteiger partial charge < -0.3 is 9.73 Å². The third-order valence-electron chi connectivity index (χ3n) is 4.21. The van der Waals surface area contributed by atoms with Crippen LogP contribution in [0, 0.1) is 13.8 Å². The summed E-state index contributed by atoms with van der Waals surface area (Å²) in [6.07, 6.45) is 2.01. The van der Waals surface area contributed by atoms with E-state index in [1.807, 2.05) is 31.2 Å². The fourth-order valence-electron chi connectivity index (χ4n) is 2.84. The van der Waals surface area contributed by atoms with Crippen LogP contribution in [0.25, 0.3) is 22.1 Å². The van der Waals surface area contributed by atoms with Crippen molar-refractivity contribution < 1.29 is 9.21 Å². The van der Waals surface area contributed by atoms with Gasteiger partial charge >= 0.3 is 0 Å². The minimum atomic E-state index is -0.145. The van der Waals surface area contributed by atoms with E-state index >= 15 is 0 Å². The number of benzene rings is 2. The fraction of sp³-hybridized carbons (Fsp3) is 0.286. The summed E-state index contributed by atoms with van der Waals surface area (Å²) in [5.41, 5.74) is 4.97. The van der Waals surface area contributed by atoms with E-state index < -0.39 is 0 Å². The monoisotopic (exact) mass is 321 g/mol. The molecule has 3 heteroatoms. The van der Waals surface area contributed by atoms with Gasteiger partial charge in [0.2, 0.25) is 5.76 Å². The standard InChI is InChI=1S/C21H23NO2/c1-4-5-12-22-21(23)20-19(16-9-6-14(2)7-10-16)17-13-15(3)8-11-18(17)24-20/h6-11,13H,4-5,12H2,1-3H3,(H,22,23). The molecule has 0 aliphatic heterocycles. The van der Waals surface area contributed by atoms with Crippen LogP contribution in [0.3, 0.4) is 0 Å². The van der Waals surface area contributed by atoms with Gasteiger partial charge in [-0.15, -0.1) is 0 Å². The van der Waals surface area contributed by atoms with Crippen LogP contribution in [0.2, 0.25) is 0 Å². The van der Waals surface area contributed by atoms with Crippen molar-refractivity contribution in [3.05, 3.63) is 59.4 Å². The molecule has 3 rings (SSSR count). The molecule has 1 heterocycles. The molecule has 0 bridgehead atoms. The highest BCUT2D eigenvalue weighted by Gasteiger charge is 2.21. The molecule has 1 aromatic heterocycles. The molecule has 0 saturated heterocycles. The molecule has 0 radical (unpaired) electrons. The molecule has 3 aromatic rings. The summed E-state index contributed by atoms with van der Waals surface area (Å²) in [7, 11) is 0. The quantitative estimate of drug-likeness (QED) is 0.652. The van der Waals surface area contributed by atoms with Crippen LogP contribution < -0.4 is 5.32 Å². The van der Waals surface area contributed by atoms with Crippen molar-refractivity contribution in [2.24, 2.45) is 0 Å². The summed E-state index contributed by atoms with van der Waals surface area (Å²) in [4.78, 5) is 12.6. The Morgan fingerprint density at radius 1 is 1.04 bits per heavy atom. The van der Waals surface area contributed by atoms with Crippen LogP contribution in [-0.4, -0.2) is 12.5 Å². The van der Waals surface area contributed by atoms with E-state index in [1.54, 1.807) is 0 Å². The molecule has 3 nitrogen and oxygen atoms in total. The van der Waals surface area contributed by atoms with Crippen molar-refractivity contribution in [2.75, 3.05) is 6.54 Å². The van der Waals surface area contributed by atoms with Crippen molar-refractivity contribution in [1.29, 1.82) is 0 Å². The van der Waals surface area contributed by atoms with Gasteiger partial charge in [0.25, 0.3) is 5.91 Å². The number of hydrogen-bond acceptors (Lipinski definition) is 2. The molecule has 0 unspecified atom stereocenters. The Kier molecular flexibility index (Phi) is 4.70. The Bertz CT molecular complexity index is 859. The van der Waals surface area contributed by atoms with E-state index in [0.717, 1.165) is 40.5 Å². The van der Waals surface area contributed by atoms with Gasteiger partial charge in [0, 0.05) is 17.5 Å². The molecule has 24 heavy (non-hydrogen) atoms. The highest BCUT2D eigenvalue weighted by Crippen LogP contribution is 2.35. The molecule has 0 atom stereocenters. The highest BCUT2D eigenvalue weighted by molar-refractivity contribution is 6.08. The molecule has 0 aliphatic rings. The van der Waals surface area contributed by atoms with E-state index in [2.05, 4.69) is 37.4 Å². The van der Waals surface area contributed by atoms with Gasteiger partial charge in [-0.2, -0.15) is 0 Å². The summed E-state index contributed by atoms with van der Waals surface area (Å²) in [6, 6.07) is 14.2. The zero-order valence-corrected chi connectivity index (χ0v) is 14.5. The van der Waals surface area contributed by atoms with E-state index in [1.165, 1.54) is 5.56 Å². The van der Waals surface area contributed by atoms with Crippen LogP contribution in [0.4, 0.5) is 0 Å². The first-order chi connectivity index (χ1) is 11.6. The van der Waals surface area contributed by atoms with Crippen LogP contribution in [-0.2, 0) is 0 Å². The summed E-state index contributed by atoms with van der Waals surface area (Å²) in [6.45, 7) is 6.87. The lowest BCUT2D eigenvalue weighted by Crippen LogP contribution is -2.24. The molecule has 0 spiro atoms. The number of furan rings is 1. The average molecular weight is 321 g/mol. The third kappa shape index (κ3) is 3.21.